The number of carbonyl (C=O) groups is 1. The zero-order valence-corrected chi connectivity index (χ0v) is 20.8. The number of carbonyl (C=O) groups excluding carboxylic acids is 1. The van der Waals surface area contributed by atoms with Crippen molar-refractivity contribution >= 4 is 34.6 Å². The maximum atomic E-state index is 11.6. The number of benzene rings is 2. The fourth-order valence-electron chi connectivity index (χ4n) is 4.07. The van der Waals surface area contributed by atoms with Gasteiger partial charge in [0.25, 0.3) is 0 Å². The smallest absolute Gasteiger partial charge is 0.247 e. The Morgan fingerprint density at radius 1 is 1.20 bits per heavy atom. The fourth-order valence-corrected chi connectivity index (χ4v) is 4.28. The third-order valence-electron chi connectivity index (χ3n) is 6.08. The van der Waals surface area contributed by atoms with Crippen molar-refractivity contribution in [2.45, 2.75) is 17.9 Å². The van der Waals surface area contributed by atoms with Crippen LogP contribution in [0.1, 0.15) is 0 Å². The average Bonchev–Trinajstić information content (AvgIpc) is 2.87. The Hall–Kier alpha value is -2.98. The van der Waals surface area contributed by atoms with Crippen molar-refractivity contribution in [3.8, 4) is 11.5 Å². The van der Waals surface area contributed by atoms with E-state index in [2.05, 4.69) is 56.8 Å². The molecule has 0 saturated carbocycles. The summed E-state index contributed by atoms with van der Waals surface area (Å²) in [6, 6.07) is 13.4. The summed E-state index contributed by atoms with van der Waals surface area (Å²) in [6.07, 6.45) is 0.470. The number of hydrogen-bond acceptors (Lipinski definition) is 8. The maximum absolute atomic E-state index is 11.6. The van der Waals surface area contributed by atoms with Gasteiger partial charge in [0.15, 0.2) is 6.23 Å². The van der Waals surface area contributed by atoms with Gasteiger partial charge in [-0.2, -0.15) is 0 Å². The number of hydrogen-bond donors (Lipinski definition) is 4. The molecular weight excluding hydrogens is 468 g/mol. The van der Waals surface area contributed by atoms with Crippen molar-refractivity contribution < 1.29 is 14.3 Å². The summed E-state index contributed by atoms with van der Waals surface area (Å²) in [5.74, 6) is 1.07. The van der Waals surface area contributed by atoms with E-state index in [4.69, 9.17) is 21.1 Å². The van der Waals surface area contributed by atoms with E-state index in [0.29, 0.717) is 18.0 Å². The van der Waals surface area contributed by atoms with Crippen LogP contribution >= 0.6 is 11.6 Å². The second kappa shape index (κ2) is 11.6. The molecule has 10 heteroatoms. The molecular formula is C25H33ClN6O3. The zero-order chi connectivity index (χ0) is 24.8. The fraction of sp³-hybridized carbons (Fsp3) is 0.400. The maximum Gasteiger partial charge on any atom is 0.247 e. The number of piperazine rings is 1. The molecule has 0 spiro atoms. The number of methoxy groups -OCH3 is 1. The van der Waals surface area contributed by atoms with E-state index in [1.165, 1.54) is 6.08 Å². The van der Waals surface area contributed by atoms with Gasteiger partial charge in [0, 0.05) is 56.2 Å². The number of ether oxygens (including phenoxy) is 2. The van der Waals surface area contributed by atoms with Crippen LogP contribution in [0.3, 0.4) is 0 Å². The van der Waals surface area contributed by atoms with E-state index in [-0.39, 0.29) is 17.6 Å². The lowest BCUT2D eigenvalue weighted by Gasteiger charge is -2.37. The van der Waals surface area contributed by atoms with E-state index >= 15 is 0 Å². The number of amides is 1. The summed E-state index contributed by atoms with van der Waals surface area (Å²) >= 11 is 6.53. The van der Waals surface area contributed by atoms with Gasteiger partial charge in [-0.25, -0.2) is 5.32 Å². The molecule has 4 rings (SSSR count). The van der Waals surface area contributed by atoms with Gasteiger partial charge in [0.2, 0.25) is 5.91 Å². The van der Waals surface area contributed by atoms with Gasteiger partial charge in [-0.1, -0.05) is 12.6 Å². The quantitative estimate of drug-likeness (QED) is 0.325. The van der Waals surface area contributed by atoms with E-state index in [0.717, 1.165) is 43.3 Å². The monoisotopic (exact) mass is 500 g/mol. The summed E-state index contributed by atoms with van der Waals surface area (Å²) in [4.78, 5) is 16.3. The van der Waals surface area contributed by atoms with Crippen LogP contribution in [0, 0.1) is 0 Å². The Balaban J connectivity index is 1.40. The molecule has 9 nitrogen and oxygen atoms in total. The van der Waals surface area contributed by atoms with E-state index in [1.807, 2.05) is 12.1 Å². The third kappa shape index (κ3) is 6.58. The van der Waals surface area contributed by atoms with Crippen LogP contribution < -0.4 is 35.6 Å². The van der Waals surface area contributed by atoms with Crippen LogP contribution in [0.25, 0.3) is 0 Å². The minimum atomic E-state index is -0.462. The van der Waals surface area contributed by atoms with Crippen LogP contribution in [0.5, 0.6) is 11.5 Å². The standard InChI is InChI=1S/C25H33ClN6O3/c1-4-23(33)28-17-6-5-7-19(14-17)35-24-20(26)16-27-25(30-24)29-21-9-8-18(15-22(21)34-3)32-12-10-31(2)11-13-32/h4-9,14-15,20,24-25,27,29-30H,1,10-13,16H2,2-3H3,(H,28,33). The molecule has 35 heavy (non-hydrogen) atoms. The second-order valence-electron chi connectivity index (χ2n) is 8.60. The lowest BCUT2D eigenvalue weighted by atomic mass is 10.2. The summed E-state index contributed by atoms with van der Waals surface area (Å²) in [6.45, 7) is 8.08. The van der Waals surface area contributed by atoms with Crippen molar-refractivity contribution in [3.63, 3.8) is 0 Å². The summed E-state index contributed by atoms with van der Waals surface area (Å²) in [5, 5.41) is 12.6. The molecule has 2 aromatic carbocycles. The van der Waals surface area contributed by atoms with Gasteiger partial charge in [0.1, 0.15) is 17.8 Å². The SMILES string of the molecule is C=CC(=O)Nc1cccc(OC2NC(Nc3ccc(N4CCN(C)CC4)cc3OC)NCC2Cl)c1. The zero-order valence-electron chi connectivity index (χ0n) is 20.1. The molecule has 2 fully saturated rings. The summed E-state index contributed by atoms with van der Waals surface area (Å²) < 4.78 is 11.8. The Morgan fingerprint density at radius 3 is 2.74 bits per heavy atom. The highest BCUT2D eigenvalue weighted by Crippen LogP contribution is 2.31. The molecule has 3 unspecified atom stereocenters. The molecule has 2 aromatic rings. The first-order valence-electron chi connectivity index (χ1n) is 11.7. The van der Waals surface area contributed by atoms with E-state index in [1.54, 1.807) is 25.3 Å². The third-order valence-corrected chi connectivity index (χ3v) is 6.46. The molecule has 4 N–H and O–H groups in total. The normalized spacial score (nSPS) is 22.8. The number of nitrogens with one attached hydrogen (secondary N) is 4. The highest BCUT2D eigenvalue weighted by atomic mass is 35.5. The van der Waals surface area contributed by atoms with Crippen LogP contribution in [0.15, 0.2) is 55.1 Å². The molecule has 2 aliphatic heterocycles. The Morgan fingerprint density at radius 2 is 2.00 bits per heavy atom. The first-order chi connectivity index (χ1) is 16.9. The molecule has 2 heterocycles. The predicted octanol–water partition coefficient (Wildman–Crippen LogP) is 2.47. The minimum Gasteiger partial charge on any atom is -0.495 e. The highest BCUT2D eigenvalue weighted by molar-refractivity contribution is 6.21. The van der Waals surface area contributed by atoms with E-state index < -0.39 is 6.23 Å². The van der Waals surface area contributed by atoms with Crippen LogP contribution in [0.4, 0.5) is 17.1 Å². The van der Waals surface area contributed by atoms with Gasteiger partial charge in [-0.3, -0.25) is 10.1 Å². The molecule has 0 aliphatic carbocycles. The second-order valence-corrected chi connectivity index (χ2v) is 9.16. The number of likely N-dealkylation sites (N-methyl/N-ethyl adjacent to an activating group) is 1. The molecule has 1 amide bonds. The number of rotatable bonds is 8. The number of anilines is 3. The van der Waals surface area contributed by atoms with Gasteiger partial charge >= 0.3 is 0 Å². The molecule has 0 aromatic heterocycles. The number of nitrogens with zero attached hydrogens (tertiary/aromatic N) is 2. The van der Waals surface area contributed by atoms with Gasteiger partial charge < -0.3 is 29.9 Å². The van der Waals surface area contributed by atoms with Crippen LogP contribution in [-0.4, -0.2) is 75.6 Å². The molecule has 2 saturated heterocycles. The first kappa shape index (κ1) is 25.1. The minimum absolute atomic E-state index is 0.283. The van der Waals surface area contributed by atoms with Crippen LogP contribution in [-0.2, 0) is 4.79 Å². The Labute approximate surface area is 211 Å². The lowest BCUT2D eigenvalue weighted by molar-refractivity contribution is -0.111. The Kier molecular flexibility index (Phi) is 8.35. The van der Waals surface area contributed by atoms with Gasteiger partial charge in [0.05, 0.1) is 18.2 Å². The number of halogens is 1. The summed E-state index contributed by atoms with van der Waals surface area (Å²) in [5.41, 5.74) is 2.62. The first-order valence-corrected chi connectivity index (χ1v) is 12.1. The summed E-state index contributed by atoms with van der Waals surface area (Å²) in [7, 11) is 3.82. The van der Waals surface area contributed by atoms with Gasteiger partial charge in [-0.15, -0.1) is 11.6 Å². The molecule has 0 bridgehead atoms. The van der Waals surface area contributed by atoms with Crippen molar-refractivity contribution in [2.24, 2.45) is 0 Å². The average molecular weight is 501 g/mol. The molecule has 0 radical (unpaired) electrons. The molecule has 2 aliphatic rings. The number of alkyl halides is 1. The highest BCUT2D eigenvalue weighted by Gasteiger charge is 2.30. The lowest BCUT2D eigenvalue weighted by Crippen LogP contribution is -2.64. The van der Waals surface area contributed by atoms with Crippen molar-refractivity contribution in [2.75, 3.05) is 62.4 Å². The van der Waals surface area contributed by atoms with Crippen LogP contribution in [0.2, 0.25) is 0 Å². The topological polar surface area (TPSA) is 90.1 Å². The molecule has 3 atom stereocenters. The Bertz CT molecular complexity index is 1030. The molecule has 188 valence electrons. The van der Waals surface area contributed by atoms with Gasteiger partial charge in [-0.05, 0) is 37.4 Å². The van der Waals surface area contributed by atoms with Crippen molar-refractivity contribution in [3.05, 3.63) is 55.1 Å². The van der Waals surface area contributed by atoms with E-state index in [9.17, 15) is 4.79 Å². The predicted molar refractivity (Wildman–Crippen MR) is 141 cm³/mol. The van der Waals surface area contributed by atoms with Crippen molar-refractivity contribution in [1.82, 2.24) is 15.5 Å². The largest absolute Gasteiger partial charge is 0.495 e. The van der Waals surface area contributed by atoms with Crippen molar-refractivity contribution in [1.29, 1.82) is 0 Å².